The van der Waals surface area contributed by atoms with Gasteiger partial charge in [-0.1, -0.05) is 0 Å². The third-order valence-electron chi connectivity index (χ3n) is 3.73. The molecule has 1 N–H and O–H groups in total. The average molecular weight is 355 g/mol. The number of amides is 1. The Morgan fingerprint density at radius 3 is 2.88 bits per heavy atom. The normalized spacial score (nSPS) is 17.6. The van der Waals surface area contributed by atoms with Gasteiger partial charge in [-0.2, -0.15) is 0 Å². The number of rotatable bonds is 6. The highest BCUT2D eigenvalue weighted by Gasteiger charge is 2.30. The number of ether oxygens (including phenoxy) is 1. The molecule has 0 aliphatic carbocycles. The standard InChI is InChI=1S/C15H18FN3O6/c1-17(9-14(20)21)7-11-8-18(4-5-25-11)15(22)12-6-10(16)2-3-13(12)19(23)24/h2-3,6,11H,4-5,7-9H2,1H3,(H,20,21). The van der Waals surface area contributed by atoms with Gasteiger partial charge in [0.1, 0.15) is 11.4 Å². The lowest BCUT2D eigenvalue weighted by Gasteiger charge is -2.34. The van der Waals surface area contributed by atoms with Crippen LogP contribution in [0.5, 0.6) is 0 Å². The third-order valence-corrected chi connectivity index (χ3v) is 3.73. The van der Waals surface area contributed by atoms with Crippen LogP contribution in [0.2, 0.25) is 0 Å². The molecule has 1 amide bonds. The minimum absolute atomic E-state index is 0.135. The zero-order valence-corrected chi connectivity index (χ0v) is 13.6. The van der Waals surface area contributed by atoms with Crippen molar-refractivity contribution in [1.29, 1.82) is 0 Å². The highest BCUT2D eigenvalue weighted by atomic mass is 19.1. The molecule has 1 aromatic carbocycles. The molecule has 1 aliphatic heterocycles. The summed E-state index contributed by atoms with van der Waals surface area (Å²) in [6.07, 6.45) is -0.435. The maximum absolute atomic E-state index is 13.4. The van der Waals surface area contributed by atoms with Crippen LogP contribution in [0.15, 0.2) is 18.2 Å². The molecule has 1 aromatic rings. The number of carboxylic acid groups (broad SMARTS) is 1. The summed E-state index contributed by atoms with van der Waals surface area (Å²) in [5, 5.41) is 19.8. The fourth-order valence-electron chi connectivity index (χ4n) is 2.67. The molecule has 1 aliphatic rings. The first kappa shape index (κ1) is 18.7. The molecule has 1 atom stereocenters. The van der Waals surface area contributed by atoms with Crippen molar-refractivity contribution in [3.63, 3.8) is 0 Å². The summed E-state index contributed by atoms with van der Waals surface area (Å²) < 4.78 is 18.9. The molecule has 0 radical (unpaired) electrons. The van der Waals surface area contributed by atoms with Crippen LogP contribution in [-0.2, 0) is 9.53 Å². The van der Waals surface area contributed by atoms with E-state index in [-0.39, 0.29) is 38.3 Å². The molecule has 10 heteroatoms. The fraction of sp³-hybridized carbons (Fsp3) is 0.467. The van der Waals surface area contributed by atoms with Gasteiger partial charge in [-0.25, -0.2) is 4.39 Å². The molecular weight excluding hydrogens is 337 g/mol. The van der Waals surface area contributed by atoms with E-state index in [1.165, 1.54) is 9.80 Å². The summed E-state index contributed by atoms with van der Waals surface area (Å²) in [6.45, 7) is 0.660. The van der Waals surface area contributed by atoms with Crippen molar-refractivity contribution in [2.45, 2.75) is 6.10 Å². The second-order valence-corrected chi connectivity index (χ2v) is 5.75. The molecule has 0 aromatic heterocycles. The Hall–Kier alpha value is -2.59. The molecule has 1 fully saturated rings. The lowest BCUT2D eigenvalue weighted by molar-refractivity contribution is -0.385. The number of nitro groups is 1. The van der Waals surface area contributed by atoms with Crippen LogP contribution >= 0.6 is 0 Å². The average Bonchev–Trinajstić information content (AvgIpc) is 2.53. The van der Waals surface area contributed by atoms with E-state index in [1.807, 2.05) is 0 Å². The summed E-state index contributed by atoms with van der Waals surface area (Å²) in [7, 11) is 1.61. The molecule has 1 unspecified atom stereocenters. The minimum Gasteiger partial charge on any atom is -0.480 e. The van der Waals surface area contributed by atoms with Crippen molar-refractivity contribution in [3.05, 3.63) is 39.7 Å². The lowest BCUT2D eigenvalue weighted by atomic mass is 10.1. The molecule has 136 valence electrons. The van der Waals surface area contributed by atoms with Crippen molar-refractivity contribution < 1.29 is 28.7 Å². The van der Waals surface area contributed by atoms with Crippen molar-refractivity contribution in [1.82, 2.24) is 9.80 Å². The quantitative estimate of drug-likeness (QED) is 0.587. The Bertz CT molecular complexity index is 683. The summed E-state index contributed by atoms with van der Waals surface area (Å²) >= 11 is 0. The number of hydrogen-bond donors (Lipinski definition) is 1. The number of carboxylic acids is 1. The Morgan fingerprint density at radius 2 is 2.24 bits per heavy atom. The van der Waals surface area contributed by atoms with Crippen LogP contribution < -0.4 is 0 Å². The maximum atomic E-state index is 13.4. The zero-order valence-electron chi connectivity index (χ0n) is 13.6. The summed E-state index contributed by atoms with van der Waals surface area (Å²) in [6, 6.07) is 2.74. The van der Waals surface area contributed by atoms with Gasteiger partial charge in [-0.3, -0.25) is 24.6 Å². The van der Waals surface area contributed by atoms with Crippen LogP contribution in [-0.4, -0.2) is 77.6 Å². The monoisotopic (exact) mass is 355 g/mol. The van der Waals surface area contributed by atoms with Gasteiger partial charge in [-0.05, 0) is 19.2 Å². The number of morpholine rings is 1. The van der Waals surface area contributed by atoms with Crippen LogP contribution in [0, 0.1) is 15.9 Å². The Kier molecular flexibility index (Phi) is 5.99. The Labute approximate surface area is 142 Å². The number of hydrogen-bond acceptors (Lipinski definition) is 6. The molecule has 0 bridgehead atoms. The number of benzene rings is 1. The predicted molar refractivity (Wildman–Crippen MR) is 83.8 cm³/mol. The molecular formula is C15H18FN3O6. The van der Waals surface area contributed by atoms with Gasteiger partial charge in [0.2, 0.25) is 0 Å². The van der Waals surface area contributed by atoms with Crippen LogP contribution in [0.3, 0.4) is 0 Å². The molecule has 1 heterocycles. The number of likely N-dealkylation sites (N-methyl/N-ethyl adjacent to an activating group) is 1. The number of aliphatic carboxylic acids is 1. The maximum Gasteiger partial charge on any atom is 0.317 e. The molecule has 2 rings (SSSR count). The van der Waals surface area contributed by atoms with Gasteiger partial charge < -0.3 is 14.7 Å². The summed E-state index contributed by atoms with van der Waals surface area (Å²) in [4.78, 5) is 36.5. The van der Waals surface area contributed by atoms with Crippen molar-refractivity contribution in [2.75, 3.05) is 39.8 Å². The van der Waals surface area contributed by atoms with E-state index in [2.05, 4.69) is 0 Å². The van der Waals surface area contributed by atoms with Gasteiger partial charge in [0.25, 0.3) is 11.6 Å². The van der Waals surface area contributed by atoms with E-state index in [9.17, 15) is 24.1 Å². The van der Waals surface area contributed by atoms with Crippen molar-refractivity contribution in [3.8, 4) is 0 Å². The summed E-state index contributed by atoms with van der Waals surface area (Å²) in [5.74, 6) is -2.37. The van der Waals surface area contributed by atoms with E-state index in [0.29, 0.717) is 0 Å². The predicted octanol–water partition coefficient (Wildman–Crippen LogP) is 0.591. The number of nitro benzene ring substituents is 1. The van der Waals surface area contributed by atoms with Gasteiger partial charge in [0.05, 0.1) is 24.2 Å². The molecule has 25 heavy (non-hydrogen) atoms. The zero-order chi connectivity index (χ0) is 18.6. The van der Waals surface area contributed by atoms with Crippen molar-refractivity contribution >= 4 is 17.6 Å². The first-order valence-corrected chi connectivity index (χ1v) is 7.53. The molecule has 9 nitrogen and oxygen atoms in total. The van der Waals surface area contributed by atoms with E-state index in [1.54, 1.807) is 7.05 Å². The Balaban J connectivity index is 2.11. The van der Waals surface area contributed by atoms with Crippen LogP contribution in [0.1, 0.15) is 10.4 Å². The highest BCUT2D eigenvalue weighted by molar-refractivity contribution is 5.98. The minimum atomic E-state index is -0.985. The number of nitrogens with zero attached hydrogens (tertiary/aromatic N) is 3. The van der Waals surface area contributed by atoms with Gasteiger partial charge in [-0.15, -0.1) is 0 Å². The molecule has 1 saturated heterocycles. The largest absolute Gasteiger partial charge is 0.480 e. The first-order valence-electron chi connectivity index (χ1n) is 7.53. The highest BCUT2D eigenvalue weighted by Crippen LogP contribution is 2.22. The second-order valence-electron chi connectivity index (χ2n) is 5.75. The number of carbonyl (C=O) groups excluding carboxylic acids is 1. The summed E-state index contributed by atoms with van der Waals surface area (Å²) in [5.41, 5.74) is -0.776. The van der Waals surface area contributed by atoms with Gasteiger partial charge >= 0.3 is 5.97 Å². The van der Waals surface area contributed by atoms with Crippen LogP contribution in [0.4, 0.5) is 10.1 Å². The van der Waals surface area contributed by atoms with E-state index in [0.717, 1.165) is 18.2 Å². The van der Waals surface area contributed by atoms with Crippen molar-refractivity contribution in [2.24, 2.45) is 0 Å². The van der Waals surface area contributed by atoms with Gasteiger partial charge in [0, 0.05) is 25.7 Å². The van der Waals surface area contributed by atoms with E-state index < -0.39 is 34.4 Å². The van der Waals surface area contributed by atoms with Gasteiger partial charge in [0.15, 0.2) is 0 Å². The fourth-order valence-corrected chi connectivity index (χ4v) is 2.67. The van der Waals surface area contributed by atoms with E-state index >= 15 is 0 Å². The first-order chi connectivity index (χ1) is 11.8. The Morgan fingerprint density at radius 1 is 1.52 bits per heavy atom. The third kappa shape index (κ3) is 4.94. The van der Waals surface area contributed by atoms with Crippen LogP contribution in [0.25, 0.3) is 0 Å². The smallest absolute Gasteiger partial charge is 0.317 e. The SMILES string of the molecule is CN(CC(=O)O)CC1CN(C(=O)c2cc(F)ccc2[N+](=O)[O-])CCO1. The number of halogens is 1. The van der Waals surface area contributed by atoms with E-state index in [4.69, 9.17) is 9.84 Å². The lowest BCUT2D eigenvalue weighted by Crippen LogP contribution is -2.49. The molecule has 0 saturated carbocycles. The number of carbonyl (C=O) groups is 2. The topological polar surface area (TPSA) is 113 Å². The second kappa shape index (κ2) is 7.99. The molecule has 0 spiro atoms.